The van der Waals surface area contributed by atoms with E-state index in [0.717, 1.165) is 12.8 Å². The van der Waals surface area contributed by atoms with Gasteiger partial charge in [-0.25, -0.2) is 4.68 Å². The number of nitrogens with one attached hydrogen (secondary N) is 1. The number of halogens is 1. The van der Waals surface area contributed by atoms with Crippen LogP contribution in [0, 0.1) is 5.92 Å². The van der Waals surface area contributed by atoms with Gasteiger partial charge in [0.2, 0.25) is 0 Å². The summed E-state index contributed by atoms with van der Waals surface area (Å²) in [6.07, 6.45) is 5.99. The highest BCUT2D eigenvalue weighted by atomic mass is 35.5. The Morgan fingerprint density at radius 3 is 2.79 bits per heavy atom. The Hall–Kier alpha value is -1.03. The number of hydrogen-bond acceptors (Lipinski definition) is 3. The fraction of sp³-hybridized carbons (Fsp3) is 0.714. The van der Waals surface area contributed by atoms with Gasteiger partial charge in [0.05, 0.1) is 11.2 Å². The minimum atomic E-state index is -0.143. The van der Waals surface area contributed by atoms with E-state index in [-0.39, 0.29) is 11.1 Å². The maximum atomic E-state index is 12.4. The molecular weight excluding hydrogens is 262 g/mol. The molecule has 2 rings (SSSR count). The third kappa shape index (κ3) is 3.72. The standard InChI is InChI=1S/C14H22ClN3O/c1-4-7-14(2,3)17-12-11(15)8-16-18(13(12)19)9-10-5-6-10/h8,10,17H,4-7,9H2,1-3H3. The molecule has 0 spiro atoms. The van der Waals surface area contributed by atoms with Gasteiger partial charge in [0.15, 0.2) is 0 Å². The van der Waals surface area contributed by atoms with Gasteiger partial charge < -0.3 is 5.32 Å². The summed E-state index contributed by atoms with van der Waals surface area (Å²) in [5, 5.41) is 7.82. The molecule has 0 amide bonds. The number of aromatic nitrogens is 2. The summed E-state index contributed by atoms with van der Waals surface area (Å²) >= 11 is 6.12. The van der Waals surface area contributed by atoms with E-state index < -0.39 is 0 Å². The van der Waals surface area contributed by atoms with Gasteiger partial charge in [-0.3, -0.25) is 4.79 Å². The number of hydrogen-bond donors (Lipinski definition) is 1. The topological polar surface area (TPSA) is 46.9 Å². The van der Waals surface area contributed by atoms with Crippen molar-refractivity contribution in [2.75, 3.05) is 5.32 Å². The molecule has 1 aromatic heterocycles. The highest BCUT2D eigenvalue weighted by Crippen LogP contribution is 2.30. The van der Waals surface area contributed by atoms with E-state index in [9.17, 15) is 4.79 Å². The van der Waals surface area contributed by atoms with Crippen LogP contribution in [0.25, 0.3) is 0 Å². The minimum absolute atomic E-state index is 0.108. The average Bonchev–Trinajstić information content (AvgIpc) is 3.12. The van der Waals surface area contributed by atoms with Gasteiger partial charge in [0.1, 0.15) is 5.69 Å². The van der Waals surface area contributed by atoms with Crippen LogP contribution in [0.1, 0.15) is 46.5 Å². The lowest BCUT2D eigenvalue weighted by Gasteiger charge is -2.27. The van der Waals surface area contributed by atoms with Crippen LogP contribution in [-0.4, -0.2) is 15.3 Å². The molecule has 1 aliphatic rings. The van der Waals surface area contributed by atoms with Crippen LogP contribution in [0.5, 0.6) is 0 Å². The molecule has 0 aromatic carbocycles. The number of nitrogens with zero attached hydrogens (tertiary/aromatic N) is 2. The molecule has 19 heavy (non-hydrogen) atoms. The van der Waals surface area contributed by atoms with Crippen molar-refractivity contribution in [1.82, 2.24) is 9.78 Å². The minimum Gasteiger partial charge on any atom is -0.374 e. The van der Waals surface area contributed by atoms with E-state index in [1.165, 1.54) is 17.5 Å². The molecular formula is C14H22ClN3O. The summed E-state index contributed by atoms with van der Waals surface area (Å²) < 4.78 is 1.54. The first-order valence-electron chi connectivity index (χ1n) is 6.97. The predicted octanol–water partition coefficient (Wildman–Crippen LogP) is 3.30. The van der Waals surface area contributed by atoms with Gasteiger partial charge >= 0.3 is 0 Å². The molecule has 0 saturated heterocycles. The zero-order chi connectivity index (χ0) is 14.0. The molecule has 1 heterocycles. The van der Waals surface area contributed by atoms with Gasteiger partial charge in [-0.2, -0.15) is 5.10 Å². The molecule has 5 heteroatoms. The van der Waals surface area contributed by atoms with Gasteiger partial charge in [0.25, 0.3) is 5.56 Å². The molecule has 0 atom stereocenters. The molecule has 1 aliphatic carbocycles. The SMILES string of the molecule is CCCC(C)(C)Nc1c(Cl)cnn(CC2CC2)c1=O. The largest absolute Gasteiger partial charge is 0.374 e. The second kappa shape index (κ2) is 5.53. The lowest BCUT2D eigenvalue weighted by atomic mass is 9.99. The Balaban J connectivity index is 2.25. The predicted molar refractivity (Wildman–Crippen MR) is 78.8 cm³/mol. The van der Waals surface area contributed by atoms with Crippen molar-refractivity contribution < 1.29 is 0 Å². The second-order valence-electron chi connectivity index (χ2n) is 6.06. The summed E-state index contributed by atoms with van der Waals surface area (Å²) in [4.78, 5) is 12.4. The van der Waals surface area contributed by atoms with Crippen molar-refractivity contribution in [2.24, 2.45) is 5.92 Å². The Labute approximate surface area is 119 Å². The summed E-state index contributed by atoms with van der Waals surface area (Å²) in [6.45, 7) is 7.00. The van der Waals surface area contributed by atoms with Crippen LogP contribution in [0.3, 0.4) is 0 Å². The number of anilines is 1. The smallest absolute Gasteiger partial charge is 0.291 e. The quantitative estimate of drug-likeness (QED) is 0.871. The van der Waals surface area contributed by atoms with E-state index in [1.54, 1.807) is 6.20 Å². The molecule has 106 valence electrons. The molecule has 1 saturated carbocycles. The van der Waals surface area contributed by atoms with Crippen molar-refractivity contribution in [3.63, 3.8) is 0 Å². The highest BCUT2D eigenvalue weighted by molar-refractivity contribution is 6.33. The molecule has 0 unspecified atom stereocenters. The van der Waals surface area contributed by atoms with E-state index in [2.05, 4.69) is 31.2 Å². The third-order valence-electron chi connectivity index (χ3n) is 3.46. The zero-order valence-electron chi connectivity index (χ0n) is 11.9. The summed E-state index contributed by atoms with van der Waals surface area (Å²) in [6, 6.07) is 0. The molecule has 1 aromatic rings. The van der Waals surface area contributed by atoms with Gasteiger partial charge in [-0.1, -0.05) is 24.9 Å². The Bertz CT molecular complexity index is 506. The lowest BCUT2D eigenvalue weighted by molar-refractivity contribution is 0.502. The fourth-order valence-electron chi connectivity index (χ4n) is 2.28. The lowest BCUT2D eigenvalue weighted by Crippen LogP contribution is -2.36. The first-order chi connectivity index (χ1) is 8.93. The van der Waals surface area contributed by atoms with E-state index in [1.807, 2.05) is 0 Å². The van der Waals surface area contributed by atoms with Crippen LogP contribution < -0.4 is 10.9 Å². The van der Waals surface area contributed by atoms with Crippen LogP contribution in [0.4, 0.5) is 5.69 Å². The molecule has 1 fully saturated rings. The Kier molecular flexibility index (Phi) is 4.19. The first kappa shape index (κ1) is 14.4. The Morgan fingerprint density at radius 2 is 2.21 bits per heavy atom. The first-order valence-corrected chi connectivity index (χ1v) is 7.34. The van der Waals surface area contributed by atoms with Crippen molar-refractivity contribution in [1.29, 1.82) is 0 Å². The summed E-state index contributed by atoms with van der Waals surface area (Å²) in [7, 11) is 0. The van der Waals surface area contributed by atoms with Crippen LogP contribution in [-0.2, 0) is 6.54 Å². The highest BCUT2D eigenvalue weighted by Gasteiger charge is 2.25. The van der Waals surface area contributed by atoms with Crippen LogP contribution >= 0.6 is 11.6 Å². The van der Waals surface area contributed by atoms with E-state index >= 15 is 0 Å². The maximum absolute atomic E-state index is 12.4. The van der Waals surface area contributed by atoms with E-state index in [4.69, 9.17) is 11.6 Å². The number of rotatable bonds is 6. The molecule has 4 nitrogen and oxygen atoms in total. The molecule has 0 aliphatic heterocycles. The van der Waals surface area contributed by atoms with Gasteiger partial charge in [-0.05, 0) is 39.0 Å². The summed E-state index contributed by atoms with van der Waals surface area (Å²) in [5.41, 5.74) is 0.232. The normalized spacial score (nSPS) is 15.6. The summed E-state index contributed by atoms with van der Waals surface area (Å²) in [5.74, 6) is 0.614. The molecule has 0 radical (unpaired) electrons. The van der Waals surface area contributed by atoms with Crippen LogP contribution in [0.2, 0.25) is 5.02 Å². The van der Waals surface area contributed by atoms with Crippen LogP contribution in [0.15, 0.2) is 11.0 Å². The maximum Gasteiger partial charge on any atom is 0.291 e. The van der Waals surface area contributed by atoms with E-state index in [0.29, 0.717) is 23.2 Å². The molecule has 0 bridgehead atoms. The zero-order valence-corrected chi connectivity index (χ0v) is 12.6. The monoisotopic (exact) mass is 283 g/mol. The molecule has 1 N–H and O–H groups in total. The fourth-order valence-corrected chi connectivity index (χ4v) is 2.45. The van der Waals surface area contributed by atoms with Crippen molar-refractivity contribution in [2.45, 2.75) is 58.5 Å². The van der Waals surface area contributed by atoms with Crippen molar-refractivity contribution >= 4 is 17.3 Å². The van der Waals surface area contributed by atoms with Crippen molar-refractivity contribution in [3.05, 3.63) is 21.6 Å². The van der Waals surface area contributed by atoms with Crippen molar-refractivity contribution in [3.8, 4) is 0 Å². The Morgan fingerprint density at radius 1 is 1.53 bits per heavy atom. The average molecular weight is 284 g/mol. The second-order valence-corrected chi connectivity index (χ2v) is 6.46. The van der Waals surface area contributed by atoms with Gasteiger partial charge in [-0.15, -0.1) is 0 Å². The van der Waals surface area contributed by atoms with Gasteiger partial charge in [0, 0.05) is 12.1 Å². The third-order valence-corrected chi connectivity index (χ3v) is 3.75.